The van der Waals surface area contributed by atoms with E-state index in [2.05, 4.69) is 24.3 Å². The molecule has 2 heterocycles. The average molecular weight is 368 g/mol. The van der Waals surface area contributed by atoms with Crippen LogP contribution in [0.15, 0.2) is 69.5 Å². The molecule has 6 aromatic rings. The van der Waals surface area contributed by atoms with Gasteiger partial charge in [0.1, 0.15) is 33.8 Å². The Kier molecular flexibility index (Phi) is 2.98. The van der Waals surface area contributed by atoms with Gasteiger partial charge in [-0.3, -0.25) is 0 Å². The highest BCUT2D eigenvalue weighted by Gasteiger charge is 2.16. The van der Waals surface area contributed by atoms with E-state index < -0.39 is 0 Å². The molecule has 6 rings (SSSR count). The first kappa shape index (κ1) is 15.4. The van der Waals surface area contributed by atoms with E-state index >= 15 is 0 Å². The van der Waals surface area contributed by atoms with E-state index in [0.717, 1.165) is 66.1 Å². The van der Waals surface area contributed by atoms with E-state index in [1.807, 2.05) is 36.4 Å². The molecule has 0 fully saturated rings. The summed E-state index contributed by atoms with van der Waals surface area (Å²) in [6.07, 6.45) is 0. The van der Waals surface area contributed by atoms with Crippen molar-refractivity contribution in [3.63, 3.8) is 0 Å². The summed E-state index contributed by atoms with van der Waals surface area (Å²) >= 11 is 0. The van der Waals surface area contributed by atoms with Crippen molar-refractivity contribution in [2.45, 2.75) is 0 Å². The molecular weight excluding hydrogens is 352 g/mol. The molecule has 0 unspecified atom stereocenters. The van der Waals surface area contributed by atoms with Crippen LogP contribution in [0, 0.1) is 0 Å². The molecule has 0 amide bonds. The zero-order valence-electron chi connectivity index (χ0n) is 15.4. The molecule has 4 heteroatoms. The lowest BCUT2D eigenvalue weighted by Crippen LogP contribution is -1.80. The number of methoxy groups -OCH3 is 2. The Balaban J connectivity index is 1.72. The van der Waals surface area contributed by atoms with Gasteiger partial charge in [0.05, 0.1) is 14.2 Å². The van der Waals surface area contributed by atoms with Gasteiger partial charge in [0.15, 0.2) is 0 Å². The highest BCUT2D eigenvalue weighted by molar-refractivity contribution is 6.22. The van der Waals surface area contributed by atoms with Crippen LogP contribution < -0.4 is 9.47 Å². The number of ether oxygens (including phenoxy) is 2. The maximum Gasteiger partial charge on any atom is 0.143 e. The molecular formula is C24H16O4. The van der Waals surface area contributed by atoms with E-state index in [9.17, 15) is 0 Å². The molecule has 0 atom stereocenters. The number of hydrogen-bond acceptors (Lipinski definition) is 4. The van der Waals surface area contributed by atoms with E-state index in [4.69, 9.17) is 18.3 Å². The zero-order valence-corrected chi connectivity index (χ0v) is 15.4. The largest absolute Gasteiger partial charge is 0.497 e. The van der Waals surface area contributed by atoms with Crippen LogP contribution in [0.5, 0.6) is 11.5 Å². The Hall–Kier alpha value is -3.66. The highest BCUT2D eigenvalue weighted by atomic mass is 16.5. The van der Waals surface area contributed by atoms with Crippen molar-refractivity contribution in [3.8, 4) is 11.5 Å². The van der Waals surface area contributed by atoms with Gasteiger partial charge in [-0.05, 0) is 48.5 Å². The topological polar surface area (TPSA) is 44.7 Å². The van der Waals surface area contributed by atoms with Crippen LogP contribution >= 0.6 is 0 Å². The molecule has 4 aromatic carbocycles. The third-order valence-electron chi connectivity index (χ3n) is 5.48. The van der Waals surface area contributed by atoms with Crippen molar-refractivity contribution in [1.29, 1.82) is 0 Å². The van der Waals surface area contributed by atoms with Crippen LogP contribution in [0.2, 0.25) is 0 Å². The molecule has 0 saturated heterocycles. The smallest absolute Gasteiger partial charge is 0.143 e. The van der Waals surface area contributed by atoms with E-state index in [1.54, 1.807) is 14.2 Å². The number of fused-ring (bicyclic) bond motifs is 9. The van der Waals surface area contributed by atoms with Crippen molar-refractivity contribution in [3.05, 3.63) is 60.7 Å². The lowest BCUT2D eigenvalue weighted by atomic mass is 10.0. The van der Waals surface area contributed by atoms with Crippen molar-refractivity contribution in [2.75, 3.05) is 14.2 Å². The van der Waals surface area contributed by atoms with Gasteiger partial charge < -0.3 is 18.3 Å². The first-order valence-electron chi connectivity index (χ1n) is 9.09. The molecule has 0 aliphatic carbocycles. The summed E-state index contributed by atoms with van der Waals surface area (Å²) in [6, 6.07) is 20.3. The van der Waals surface area contributed by atoms with Crippen LogP contribution in [0.4, 0.5) is 0 Å². The minimum Gasteiger partial charge on any atom is -0.497 e. The number of rotatable bonds is 2. The van der Waals surface area contributed by atoms with Gasteiger partial charge >= 0.3 is 0 Å². The normalized spacial score (nSPS) is 11.9. The number of hydrogen-bond donors (Lipinski definition) is 0. The molecule has 2 aromatic heterocycles. The second-order valence-corrected chi connectivity index (χ2v) is 6.91. The SMILES string of the molecule is COc1ccc2c(c1)oc1c2ccc2c1ccc1c3ccc(OC)cc3oc12. The summed E-state index contributed by atoms with van der Waals surface area (Å²) in [5.41, 5.74) is 3.36. The second kappa shape index (κ2) is 5.42. The predicted octanol–water partition coefficient (Wildman–Crippen LogP) is 6.66. The summed E-state index contributed by atoms with van der Waals surface area (Å²) in [7, 11) is 3.32. The monoisotopic (exact) mass is 368 g/mol. The molecule has 0 radical (unpaired) electrons. The highest BCUT2D eigenvalue weighted by Crippen LogP contribution is 2.40. The Morgan fingerprint density at radius 3 is 1.25 bits per heavy atom. The molecule has 136 valence electrons. The van der Waals surface area contributed by atoms with Gasteiger partial charge in [0, 0.05) is 44.5 Å². The molecule has 0 spiro atoms. The minimum absolute atomic E-state index is 0.782. The molecule has 0 aliphatic heterocycles. The van der Waals surface area contributed by atoms with Crippen molar-refractivity contribution in [2.24, 2.45) is 0 Å². The van der Waals surface area contributed by atoms with Gasteiger partial charge in [-0.15, -0.1) is 0 Å². The Morgan fingerprint density at radius 2 is 0.857 bits per heavy atom. The minimum atomic E-state index is 0.782. The number of benzene rings is 4. The van der Waals surface area contributed by atoms with Gasteiger partial charge in [-0.2, -0.15) is 0 Å². The summed E-state index contributed by atoms with van der Waals surface area (Å²) in [5.74, 6) is 1.56. The first-order valence-corrected chi connectivity index (χ1v) is 9.09. The van der Waals surface area contributed by atoms with Gasteiger partial charge in [-0.1, -0.05) is 0 Å². The first-order chi connectivity index (χ1) is 13.8. The van der Waals surface area contributed by atoms with E-state index in [-0.39, 0.29) is 0 Å². The quantitative estimate of drug-likeness (QED) is 0.343. The molecule has 0 N–H and O–H groups in total. The summed E-state index contributed by atoms with van der Waals surface area (Å²) in [6.45, 7) is 0. The maximum atomic E-state index is 6.23. The summed E-state index contributed by atoms with van der Waals surface area (Å²) in [5, 5.41) is 6.39. The second-order valence-electron chi connectivity index (χ2n) is 6.91. The van der Waals surface area contributed by atoms with Crippen LogP contribution in [0.1, 0.15) is 0 Å². The van der Waals surface area contributed by atoms with Gasteiger partial charge in [-0.25, -0.2) is 0 Å². The fourth-order valence-electron chi connectivity index (χ4n) is 4.09. The molecule has 0 saturated carbocycles. The lowest BCUT2D eigenvalue weighted by Gasteiger charge is -2.00. The molecule has 28 heavy (non-hydrogen) atoms. The van der Waals surface area contributed by atoms with Crippen LogP contribution in [0.3, 0.4) is 0 Å². The lowest BCUT2D eigenvalue weighted by molar-refractivity contribution is 0.414. The van der Waals surface area contributed by atoms with Crippen LogP contribution in [0.25, 0.3) is 54.6 Å². The van der Waals surface area contributed by atoms with Crippen molar-refractivity contribution < 1.29 is 18.3 Å². The Labute approximate surface area is 159 Å². The molecule has 4 nitrogen and oxygen atoms in total. The van der Waals surface area contributed by atoms with E-state index in [1.165, 1.54) is 0 Å². The Bertz CT molecular complexity index is 1420. The average Bonchev–Trinajstić information content (AvgIpc) is 3.30. The van der Waals surface area contributed by atoms with E-state index in [0.29, 0.717) is 0 Å². The van der Waals surface area contributed by atoms with Crippen molar-refractivity contribution >= 4 is 54.6 Å². The molecule has 0 aliphatic rings. The summed E-state index contributed by atoms with van der Waals surface area (Å²) < 4.78 is 23.1. The summed E-state index contributed by atoms with van der Waals surface area (Å²) in [4.78, 5) is 0. The third-order valence-corrected chi connectivity index (χ3v) is 5.48. The van der Waals surface area contributed by atoms with Gasteiger partial charge in [0.25, 0.3) is 0 Å². The fraction of sp³-hybridized carbons (Fsp3) is 0.0833. The van der Waals surface area contributed by atoms with Crippen LogP contribution in [-0.2, 0) is 0 Å². The molecule has 0 bridgehead atoms. The van der Waals surface area contributed by atoms with Gasteiger partial charge in [0.2, 0.25) is 0 Å². The fourth-order valence-corrected chi connectivity index (χ4v) is 4.09. The predicted molar refractivity (Wildman–Crippen MR) is 112 cm³/mol. The number of furan rings is 2. The zero-order chi connectivity index (χ0) is 18.8. The van der Waals surface area contributed by atoms with Crippen molar-refractivity contribution in [1.82, 2.24) is 0 Å². The Morgan fingerprint density at radius 1 is 0.500 bits per heavy atom. The maximum absolute atomic E-state index is 6.23. The standard InChI is InChI=1S/C24H16O4/c1-25-13-3-5-15-17-7-9-20-19(23(17)27-21(15)11-13)10-8-18-16-6-4-14(26-2)12-22(16)28-24(18)20/h3-12H,1-2H3. The van der Waals surface area contributed by atoms with Crippen LogP contribution in [-0.4, -0.2) is 14.2 Å². The third kappa shape index (κ3) is 1.94.